The zero-order chi connectivity index (χ0) is 63.6. The summed E-state index contributed by atoms with van der Waals surface area (Å²) < 4.78 is 6.68. The van der Waals surface area contributed by atoms with Crippen molar-refractivity contribution in [2.75, 3.05) is 0 Å². The summed E-state index contributed by atoms with van der Waals surface area (Å²) in [5, 5.41) is 37.2. The number of amides is 2. The fourth-order valence-corrected chi connectivity index (χ4v) is 10.3. The molecule has 452 valence electrons. The van der Waals surface area contributed by atoms with Crippen LogP contribution in [0, 0.1) is 37.6 Å². The summed E-state index contributed by atoms with van der Waals surface area (Å²) in [6, 6.07) is 68.5. The van der Waals surface area contributed by atoms with Crippen molar-refractivity contribution in [3.05, 3.63) is 326 Å². The third-order valence-corrected chi connectivity index (χ3v) is 14.7. The van der Waals surface area contributed by atoms with Crippen LogP contribution in [-0.4, -0.2) is 63.7 Å². The molecule has 10 aromatic rings. The van der Waals surface area contributed by atoms with Crippen molar-refractivity contribution < 1.29 is 19.4 Å². The van der Waals surface area contributed by atoms with Gasteiger partial charge in [0.1, 0.15) is 12.1 Å². The number of aromatic nitrogens is 4. The highest BCUT2D eigenvalue weighted by molar-refractivity contribution is 14.1. The highest BCUT2D eigenvalue weighted by atomic mass is 127. The Morgan fingerprint density at radius 1 is 0.483 bits per heavy atom. The fourth-order valence-electron chi connectivity index (χ4n) is 9.90. The lowest BCUT2D eigenvalue weighted by Gasteiger charge is -2.21. The van der Waals surface area contributed by atoms with Gasteiger partial charge in [0, 0.05) is 92.0 Å². The first kappa shape index (κ1) is 64.6. The molecule has 18 nitrogen and oxygen atoms in total. The molecule has 19 heteroatoms. The lowest BCUT2D eigenvalue weighted by molar-refractivity contribution is -0.385. The molecule has 2 atom stereocenters. The predicted octanol–water partition coefficient (Wildman–Crippen LogP) is 12.9. The summed E-state index contributed by atoms with van der Waals surface area (Å²) in [6.07, 6.45) is 2.37. The van der Waals surface area contributed by atoms with Gasteiger partial charge in [0.05, 0.1) is 33.2 Å². The number of nitro benzene ring substituents is 2. The molecule has 0 radical (unpaired) electrons. The van der Waals surface area contributed by atoms with Crippen molar-refractivity contribution >= 4 is 57.2 Å². The lowest BCUT2D eigenvalue weighted by Crippen LogP contribution is -2.41. The second kappa shape index (κ2) is 30.8. The highest BCUT2D eigenvalue weighted by Crippen LogP contribution is 2.29. The molecule has 0 aliphatic rings. The average molecular weight is 1300 g/mol. The predicted molar refractivity (Wildman–Crippen MR) is 358 cm³/mol. The van der Waals surface area contributed by atoms with Gasteiger partial charge in [-0.05, 0) is 99.5 Å². The minimum Gasteiger partial charge on any atom is -0.352 e. The highest BCUT2D eigenvalue weighted by Gasteiger charge is 2.31. The summed E-state index contributed by atoms with van der Waals surface area (Å²) >= 11 is 2.10. The van der Waals surface area contributed by atoms with Crippen LogP contribution >= 0.6 is 22.6 Å². The Labute approximate surface area is 529 Å². The molecule has 0 aliphatic heterocycles. The first-order valence-electron chi connectivity index (χ1n) is 28.8. The number of halogens is 1. The second-order valence-electron chi connectivity index (χ2n) is 21.3. The SMILES string of the molecule is Cc1c(-c2ccc([N+](=O)[O-])cc2)n(N=C(c2ccccc2)c2ccccc2)c(=O)n1[C@@H](Cc1ccccc1)C(=O)NC(C)C.Cc1cn(N=C(c2ccccc2)c2ccccc2)c(=O)n1[C@@H](Cc1ccccc1)C(=O)NC(C)C.O=[N+]([O-])c1ccc(I)cc1. The molecule has 0 saturated heterocycles. The van der Waals surface area contributed by atoms with Gasteiger partial charge in [0.25, 0.3) is 11.4 Å². The van der Waals surface area contributed by atoms with Crippen LogP contribution in [0.1, 0.15) is 84.5 Å². The van der Waals surface area contributed by atoms with E-state index in [1.54, 1.807) is 42.0 Å². The van der Waals surface area contributed by atoms with Crippen LogP contribution in [0.4, 0.5) is 11.4 Å². The topological polar surface area (TPSA) is 223 Å². The summed E-state index contributed by atoms with van der Waals surface area (Å²) in [4.78, 5) is 75.7. The van der Waals surface area contributed by atoms with E-state index in [0.29, 0.717) is 40.5 Å². The van der Waals surface area contributed by atoms with Crippen molar-refractivity contribution in [2.45, 2.75) is 78.6 Å². The van der Waals surface area contributed by atoms with Crippen molar-refractivity contribution in [1.29, 1.82) is 0 Å². The summed E-state index contributed by atoms with van der Waals surface area (Å²) in [7, 11) is 0. The van der Waals surface area contributed by atoms with Crippen LogP contribution in [0.2, 0.25) is 0 Å². The maximum atomic E-state index is 14.5. The Balaban J connectivity index is 0.000000202. The molecule has 0 spiro atoms. The van der Waals surface area contributed by atoms with E-state index in [4.69, 9.17) is 10.2 Å². The van der Waals surface area contributed by atoms with Crippen LogP contribution in [0.25, 0.3) is 11.3 Å². The van der Waals surface area contributed by atoms with Gasteiger partial charge in [0.2, 0.25) is 11.8 Å². The number of hydrogen-bond donors (Lipinski definition) is 2. The number of nitrogens with zero attached hydrogens (tertiary/aromatic N) is 8. The van der Waals surface area contributed by atoms with Crippen molar-refractivity contribution in [3.63, 3.8) is 0 Å². The smallest absolute Gasteiger partial charge is 0.350 e. The first-order chi connectivity index (χ1) is 42.9. The molecule has 2 aromatic heterocycles. The first-order valence-corrected chi connectivity index (χ1v) is 29.8. The number of aryl methyl sites for hydroxylation is 1. The van der Waals surface area contributed by atoms with Crippen LogP contribution in [-0.2, 0) is 22.4 Å². The number of nitro groups is 2. The van der Waals surface area contributed by atoms with Crippen LogP contribution < -0.4 is 22.0 Å². The summed E-state index contributed by atoms with van der Waals surface area (Å²) in [5.41, 5.74) is 7.86. The van der Waals surface area contributed by atoms with E-state index in [1.807, 2.05) is 217 Å². The molecular weight excluding hydrogens is 1240 g/mol. The van der Waals surface area contributed by atoms with Gasteiger partial charge in [-0.1, -0.05) is 182 Å². The van der Waals surface area contributed by atoms with Gasteiger partial charge in [-0.25, -0.2) is 9.59 Å². The number of carbonyl (C=O) groups excluding carboxylic acids is 2. The molecular formula is C70H67IN10O8. The van der Waals surface area contributed by atoms with E-state index < -0.39 is 27.6 Å². The molecule has 2 heterocycles. The Kier molecular flexibility index (Phi) is 22.3. The fraction of sp³-hybridized carbons (Fsp3) is 0.171. The Morgan fingerprint density at radius 3 is 1.20 bits per heavy atom. The van der Waals surface area contributed by atoms with Gasteiger partial charge in [-0.15, -0.1) is 0 Å². The third kappa shape index (κ3) is 17.0. The van der Waals surface area contributed by atoms with Gasteiger partial charge in [-0.3, -0.25) is 39.0 Å². The molecule has 0 unspecified atom stereocenters. The van der Waals surface area contributed by atoms with E-state index in [-0.39, 0.29) is 47.4 Å². The zero-order valence-corrected chi connectivity index (χ0v) is 52.1. The summed E-state index contributed by atoms with van der Waals surface area (Å²) in [5.74, 6) is -0.487. The lowest BCUT2D eigenvalue weighted by atomic mass is 10.0. The monoisotopic (exact) mass is 1300 g/mol. The van der Waals surface area contributed by atoms with Crippen LogP contribution in [0.5, 0.6) is 0 Å². The number of carbonyl (C=O) groups is 2. The molecule has 2 amide bonds. The van der Waals surface area contributed by atoms with Crippen molar-refractivity contribution in [2.24, 2.45) is 10.2 Å². The van der Waals surface area contributed by atoms with E-state index in [2.05, 4.69) is 33.2 Å². The number of nitrogens with one attached hydrogen (secondary N) is 2. The Hall–Kier alpha value is -10.4. The zero-order valence-electron chi connectivity index (χ0n) is 50.0. The number of non-ortho nitro benzene ring substituents is 2. The van der Waals surface area contributed by atoms with Crippen LogP contribution in [0.3, 0.4) is 0 Å². The molecule has 2 N–H and O–H groups in total. The maximum Gasteiger partial charge on any atom is 0.350 e. The normalized spacial score (nSPS) is 11.4. The number of rotatable bonds is 19. The minimum absolute atomic E-state index is 0.0420. The van der Waals surface area contributed by atoms with Crippen LogP contribution in [0.15, 0.2) is 257 Å². The van der Waals surface area contributed by atoms with Crippen molar-refractivity contribution in [3.8, 4) is 11.3 Å². The molecule has 89 heavy (non-hydrogen) atoms. The Morgan fingerprint density at radius 2 is 0.831 bits per heavy atom. The van der Waals surface area contributed by atoms with E-state index >= 15 is 0 Å². The molecule has 10 rings (SSSR count). The van der Waals surface area contributed by atoms with E-state index in [0.717, 1.165) is 37.0 Å². The number of hydrogen-bond acceptors (Lipinski definition) is 10. The second-order valence-corrected chi connectivity index (χ2v) is 22.5. The third-order valence-electron chi connectivity index (χ3n) is 14.0. The number of benzene rings is 8. The van der Waals surface area contributed by atoms with Gasteiger partial charge >= 0.3 is 11.4 Å². The molecule has 8 aromatic carbocycles. The van der Waals surface area contributed by atoms with Gasteiger partial charge < -0.3 is 10.6 Å². The molecule has 0 fully saturated rings. The van der Waals surface area contributed by atoms with Crippen molar-refractivity contribution in [1.82, 2.24) is 29.1 Å². The minimum atomic E-state index is -0.877. The Bertz CT molecular complexity index is 4110. The quantitative estimate of drug-likeness (QED) is 0.0342. The van der Waals surface area contributed by atoms with Gasteiger partial charge in [0.15, 0.2) is 0 Å². The average Bonchev–Trinajstić information content (AvgIpc) is 1.67. The molecule has 0 aliphatic carbocycles. The van der Waals surface area contributed by atoms with E-state index in [1.165, 1.54) is 38.2 Å². The van der Waals surface area contributed by atoms with Gasteiger partial charge in [-0.2, -0.15) is 19.6 Å². The maximum absolute atomic E-state index is 14.5. The molecule has 0 saturated carbocycles. The molecule has 0 bridgehead atoms. The number of imidazole rings is 2. The summed E-state index contributed by atoms with van der Waals surface area (Å²) in [6.45, 7) is 11.2. The van der Waals surface area contributed by atoms with E-state index in [9.17, 15) is 39.4 Å². The standard InChI is InChI=1S/C35H33N5O4.C29H30N4O2.C6H4INO2/c1-24(2)36-34(41)31(23-26-13-7-4-8-14-26)38-25(3)33(29-19-21-30(22-20-29)40(43)44)39(35(38)42)37-32(27-15-9-5-10-16-27)28-17-11-6-12-18-28;1-21(2)30-28(34)26(19-23-13-7-4-8-14-23)33-22(3)20-32(29(33)35)31-27(24-15-9-5-10-16-24)25-17-11-6-12-18-25;7-5-1-3-6(4-2-5)8(9)10/h4-22,24,31H,23H2,1-3H3,(H,36,41);4-18,20-21,26H,19H2,1-3H3,(H,30,34);1-4H/t31-;26-;/m00./s1. The largest absolute Gasteiger partial charge is 0.352 e.